The Labute approximate surface area is 161 Å². The summed E-state index contributed by atoms with van der Waals surface area (Å²) in [7, 11) is 0. The molecule has 2 N–H and O–H groups in total. The van der Waals surface area contributed by atoms with Gasteiger partial charge in [0.2, 0.25) is 0 Å². The third-order valence-electron chi connectivity index (χ3n) is 3.98. The number of aliphatic hydroxyl groups excluding tert-OH is 1. The topological polar surface area (TPSA) is 90.9 Å². The minimum absolute atomic E-state index is 0.0829. The van der Waals surface area contributed by atoms with Gasteiger partial charge in [0.25, 0.3) is 0 Å². The van der Waals surface area contributed by atoms with Crippen molar-refractivity contribution in [3.63, 3.8) is 0 Å². The standard InChI is InChI=1S/C19H12F4N4O2/c20-14-6-2-4-12(10-28)17(14)25-18(29)15-8-16(19(21,22)23)26-27(15)13-5-1-3-11(7-13)9-24/h1-8,10,18,25,29H. The fourth-order valence-corrected chi connectivity index (χ4v) is 2.64. The van der Waals surface area contributed by atoms with Crippen LogP contribution in [0.5, 0.6) is 0 Å². The highest BCUT2D eigenvalue weighted by molar-refractivity contribution is 5.84. The summed E-state index contributed by atoms with van der Waals surface area (Å²) in [6, 6.07) is 11.6. The van der Waals surface area contributed by atoms with E-state index < -0.39 is 23.9 Å². The summed E-state index contributed by atoms with van der Waals surface area (Å²) >= 11 is 0. The second-order valence-electron chi connectivity index (χ2n) is 5.89. The van der Waals surface area contributed by atoms with E-state index in [1.54, 1.807) is 0 Å². The molecular formula is C19H12F4N4O2. The summed E-state index contributed by atoms with van der Waals surface area (Å²) < 4.78 is 54.4. The van der Waals surface area contributed by atoms with Gasteiger partial charge < -0.3 is 10.4 Å². The van der Waals surface area contributed by atoms with E-state index in [1.165, 1.54) is 36.4 Å². The first-order valence-electron chi connectivity index (χ1n) is 8.10. The lowest BCUT2D eigenvalue weighted by atomic mass is 10.1. The van der Waals surface area contributed by atoms with Crippen molar-refractivity contribution in [1.82, 2.24) is 9.78 Å². The van der Waals surface area contributed by atoms with Gasteiger partial charge in [-0.25, -0.2) is 9.07 Å². The Kier molecular flexibility index (Phi) is 5.34. The van der Waals surface area contributed by atoms with Crippen LogP contribution in [0.3, 0.4) is 0 Å². The zero-order valence-electron chi connectivity index (χ0n) is 14.5. The minimum Gasteiger partial charge on any atom is -0.368 e. The second-order valence-corrected chi connectivity index (χ2v) is 5.89. The summed E-state index contributed by atoms with van der Waals surface area (Å²) in [5.41, 5.74) is -1.91. The number of para-hydroxylation sites is 1. The van der Waals surface area contributed by atoms with E-state index in [0.717, 1.165) is 10.7 Å². The molecule has 0 fully saturated rings. The van der Waals surface area contributed by atoms with Crippen molar-refractivity contribution in [2.45, 2.75) is 12.4 Å². The number of aromatic nitrogens is 2. The van der Waals surface area contributed by atoms with Gasteiger partial charge in [-0.15, -0.1) is 0 Å². The highest BCUT2D eigenvalue weighted by Gasteiger charge is 2.36. The Morgan fingerprint density at radius 1 is 1.21 bits per heavy atom. The molecule has 0 bridgehead atoms. The summed E-state index contributed by atoms with van der Waals surface area (Å²) in [4.78, 5) is 11.1. The number of nitrogens with zero attached hydrogens (tertiary/aromatic N) is 3. The van der Waals surface area contributed by atoms with E-state index in [-0.39, 0.29) is 28.2 Å². The average molecular weight is 404 g/mol. The molecule has 1 atom stereocenters. The molecule has 148 valence electrons. The number of aliphatic hydroxyl groups is 1. The lowest BCUT2D eigenvalue weighted by Gasteiger charge is -2.17. The maximum atomic E-state index is 14.1. The molecule has 0 aliphatic rings. The van der Waals surface area contributed by atoms with Crippen LogP contribution in [0.1, 0.15) is 33.5 Å². The van der Waals surface area contributed by atoms with Crippen LogP contribution >= 0.6 is 0 Å². The molecule has 10 heteroatoms. The van der Waals surface area contributed by atoms with E-state index >= 15 is 0 Å². The van der Waals surface area contributed by atoms with Crippen LogP contribution in [-0.4, -0.2) is 21.2 Å². The fourth-order valence-electron chi connectivity index (χ4n) is 2.64. The fraction of sp³-hybridized carbons (Fsp3) is 0.105. The van der Waals surface area contributed by atoms with E-state index in [0.29, 0.717) is 12.4 Å². The Balaban J connectivity index is 2.09. The highest BCUT2D eigenvalue weighted by atomic mass is 19.4. The van der Waals surface area contributed by atoms with Crippen molar-refractivity contribution in [3.05, 3.63) is 76.9 Å². The number of anilines is 1. The van der Waals surface area contributed by atoms with Crippen LogP contribution in [0.2, 0.25) is 0 Å². The molecule has 2 aromatic carbocycles. The first-order chi connectivity index (χ1) is 13.7. The number of hydrogen-bond acceptors (Lipinski definition) is 5. The van der Waals surface area contributed by atoms with Crippen molar-refractivity contribution in [2.24, 2.45) is 0 Å². The number of alkyl halides is 3. The van der Waals surface area contributed by atoms with Crippen LogP contribution in [0.15, 0.2) is 48.5 Å². The quantitative estimate of drug-likeness (QED) is 0.383. The molecule has 29 heavy (non-hydrogen) atoms. The largest absolute Gasteiger partial charge is 0.435 e. The van der Waals surface area contributed by atoms with E-state index in [9.17, 15) is 27.5 Å². The van der Waals surface area contributed by atoms with Gasteiger partial charge in [-0.1, -0.05) is 12.1 Å². The number of benzene rings is 2. The summed E-state index contributed by atoms with van der Waals surface area (Å²) in [6.45, 7) is 0. The van der Waals surface area contributed by atoms with E-state index in [2.05, 4.69) is 10.4 Å². The van der Waals surface area contributed by atoms with Crippen LogP contribution in [0.4, 0.5) is 23.2 Å². The molecule has 6 nitrogen and oxygen atoms in total. The predicted octanol–water partition coefficient (Wildman–Crippen LogP) is 3.82. The van der Waals surface area contributed by atoms with Crippen molar-refractivity contribution >= 4 is 12.0 Å². The minimum atomic E-state index is -4.81. The van der Waals surface area contributed by atoms with Crippen LogP contribution < -0.4 is 5.32 Å². The molecule has 0 radical (unpaired) electrons. The maximum absolute atomic E-state index is 14.1. The van der Waals surface area contributed by atoms with Gasteiger partial charge in [0.05, 0.1) is 28.7 Å². The number of nitrogens with one attached hydrogen (secondary N) is 1. The monoisotopic (exact) mass is 404 g/mol. The smallest absolute Gasteiger partial charge is 0.368 e. The molecule has 1 unspecified atom stereocenters. The first kappa shape index (κ1) is 20.0. The van der Waals surface area contributed by atoms with Gasteiger partial charge in [-0.05, 0) is 36.4 Å². The molecule has 3 aromatic rings. The molecule has 0 saturated heterocycles. The van der Waals surface area contributed by atoms with E-state index in [4.69, 9.17) is 5.26 Å². The molecule has 0 saturated carbocycles. The molecular weight excluding hydrogens is 392 g/mol. The molecule has 0 aliphatic carbocycles. The number of halogens is 4. The van der Waals surface area contributed by atoms with Crippen molar-refractivity contribution in [3.8, 4) is 11.8 Å². The predicted molar refractivity (Wildman–Crippen MR) is 93.7 cm³/mol. The molecule has 3 rings (SSSR count). The molecule has 0 aliphatic heterocycles. The Hall–Kier alpha value is -3.71. The number of nitriles is 1. The summed E-state index contributed by atoms with van der Waals surface area (Å²) in [5.74, 6) is -0.873. The Morgan fingerprint density at radius 3 is 2.59 bits per heavy atom. The Morgan fingerprint density at radius 2 is 1.93 bits per heavy atom. The Bertz CT molecular complexity index is 1100. The van der Waals surface area contributed by atoms with Crippen LogP contribution in [-0.2, 0) is 6.18 Å². The number of rotatable bonds is 5. The lowest BCUT2D eigenvalue weighted by molar-refractivity contribution is -0.141. The third-order valence-corrected chi connectivity index (χ3v) is 3.98. The third kappa shape index (κ3) is 4.09. The van der Waals surface area contributed by atoms with Gasteiger partial charge in [-0.2, -0.15) is 23.5 Å². The normalized spacial score (nSPS) is 12.3. The molecule has 1 aromatic heterocycles. The summed E-state index contributed by atoms with van der Waals surface area (Å²) in [6.07, 6.45) is -6.31. The zero-order valence-corrected chi connectivity index (χ0v) is 14.5. The molecule has 1 heterocycles. The van der Waals surface area contributed by atoms with E-state index in [1.807, 2.05) is 6.07 Å². The number of carbonyl (C=O) groups excluding carboxylic acids is 1. The molecule has 0 amide bonds. The van der Waals surface area contributed by atoms with Crippen molar-refractivity contribution in [2.75, 3.05) is 5.32 Å². The lowest BCUT2D eigenvalue weighted by Crippen LogP contribution is -2.16. The molecule has 0 spiro atoms. The van der Waals surface area contributed by atoms with Crippen LogP contribution in [0.25, 0.3) is 5.69 Å². The van der Waals surface area contributed by atoms with Gasteiger partial charge in [-0.3, -0.25) is 4.79 Å². The van der Waals surface area contributed by atoms with Gasteiger partial charge in [0.1, 0.15) is 5.82 Å². The first-order valence-corrected chi connectivity index (χ1v) is 8.10. The van der Waals surface area contributed by atoms with Crippen molar-refractivity contribution in [1.29, 1.82) is 5.26 Å². The van der Waals surface area contributed by atoms with Gasteiger partial charge in [0.15, 0.2) is 18.2 Å². The average Bonchev–Trinajstić information content (AvgIpc) is 3.15. The highest BCUT2D eigenvalue weighted by Crippen LogP contribution is 2.32. The van der Waals surface area contributed by atoms with Crippen molar-refractivity contribution < 1.29 is 27.5 Å². The van der Waals surface area contributed by atoms with Gasteiger partial charge >= 0.3 is 6.18 Å². The maximum Gasteiger partial charge on any atom is 0.435 e. The second kappa shape index (κ2) is 7.73. The SMILES string of the molecule is N#Cc1cccc(-n2nc(C(F)(F)F)cc2C(O)Nc2c(F)cccc2C=O)c1. The van der Waals surface area contributed by atoms with Crippen LogP contribution in [0, 0.1) is 17.1 Å². The zero-order chi connectivity index (χ0) is 21.2. The number of aldehydes is 1. The summed E-state index contributed by atoms with van der Waals surface area (Å²) in [5, 5.41) is 25.3. The number of hydrogen-bond donors (Lipinski definition) is 2. The van der Waals surface area contributed by atoms with Gasteiger partial charge in [0, 0.05) is 5.56 Å². The number of carbonyl (C=O) groups is 1.